The number of ether oxygens (including phenoxy) is 1. The van der Waals surface area contributed by atoms with E-state index in [4.69, 9.17) is 4.74 Å². The molecule has 0 saturated heterocycles. The van der Waals surface area contributed by atoms with Gasteiger partial charge in [0.25, 0.3) is 18.2 Å². The molecular formula is C17H13FN2O3. The van der Waals surface area contributed by atoms with Gasteiger partial charge in [-0.15, -0.1) is 0 Å². The van der Waals surface area contributed by atoms with Crippen LogP contribution in [0.25, 0.3) is 0 Å². The number of nitrogens with one attached hydrogen (secondary N) is 1. The summed E-state index contributed by atoms with van der Waals surface area (Å²) in [6.45, 7) is -0.0954. The zero-order valence-electron chi connectivity index (χ0n) is 12.0. The number of alkyl halides is 1. The molecule has 6 heteroatoms. The lowest BCUT2D eigenvalue weighted by Gasteiger charge is -2.32. The molecule has 0 saturated carbocycles. The Hall–Kier alpha value is -2.89. The summed E-state index contributed by atoms with van der Waals surface area (Å²) in [7, 11) is 0. The van der Waals surface area contributed by atoms with Crippen molar-refractivity contribution in [3.63, 3.8) is 0 Å². The van der Waals surface area contributed by atoms with Gasteiger partial charge in [-0.05, 0) is 24.3 Å². The van der Waals surface area contributed by atoms with Crippen molar-refractivity contribution in [2.45, 2.75) is 12.4 Å². The first-order chi connectivity index (χ1) is 11.1. The summed E-state index contributed by atoms with van der Waals surface area (Å²) in [5.74, 6) is -0.393. The van der Waals surface area contributed by atoms with Crippen LogP contribution in [0.4, 0.5) is 10.1 Å². The number of fused-ring (bicyclic) bond motifs is 2. The molecule has 0 aliphatic carbocycles. The van der Waals surface area contributed by atoms with Crippen molar-refractivity contribution in [1.29, 1.82) is 0 Å². The number of anilines is 1. The van der Waals surface area contributed by atoms with Gasteiger partial charge in [-0.3, -0.25) is 14.5 Å². The zero-order chi connectivity index (χ0) is 16.0. The first-order valence-electron chi connectivity index (χ1n) is 7.26. The fourth-order valence-corrected chi connectivity index (χ4v) is 2.89. The van der Waals surface area contributed by atoms with E-state index in [1.54, 1.807) is 48.5 Å². The van der Waals surface area contributed by atoms with Crippen molar-refractivity contribution in [3.05, 3.63) is 59.7 Å². The Kier molecular flexibility index (Phi) is 3.04. The van der Waals surface area contributed by atoms with Crippen LogP contribution >= 0.6 is 0 Å². The number of rotatable bonds is 2. The average Bonchev–Trinajstić information content (AvgIpc) is 2.81. The van der Waals surface area contributed by atoms with Gasteiger partial charge in [0.1, 0.15) is 11.8 Å². The second-order valence-electron chi connectivity index (χ2n) is 5.48. The molecule has 2 amide bonds. The third-order valence-electron chi connectivity index (χ3n) is 4.04. The Labute approximate surface area is 131 Å². The molecule has 2 aliphatic rings. The molecule has 23 heavy (non-hydrogen) atoms. The molecule has 4 rings (SSSR count). The molecule has 2 unspecified atom stereocenters. The van der Waals surface area contributed by atoms with E-state index in [0.29, 0.717) is 22.6 Å². The maximum atomic E-state index is 14.2. The van der Waals surface area contributed by atoms with Crippen molar-refractivity contribution in [2.24, 2.45) is 0 Å². The van der Waals surface area contributed by atoms with E-state index in [2.05, 4.69) is 5.32 Å². The number of halogens is 1. The maximum absolute atomic E-state index is 14.2. The molecule has 2 heterocycles. The quantitative estimate of drug-likeness (QED) is 0.865. The largest absolute Gasteiger partial charge is 0.456 e. The lowest BCUT2D eigenvalue weighted by molar-refractivity contribution is 0.0292. The Morgan fingerprint density at radius 1 is 1.00 bits per heavy atom. The molecule has 2 aliphatic heterocycles. The van der Waals surface area contributed by atoms with Crippen LogP contribution in [-0.2, 0) is 0 Å². The van der Waals surface area contributed by atoms with Gasteiger partial charge >= 0.3 is 0 Å². The van der Waals surface area contributed by atoms with Crippen LogP contribution in [0.15, 0.2) is 48.5 Å². The maximum Gasteiger partial charge on any atom is 0.261 e. The number of benzene rings is 2. The van der Waals surface area contributed by atoms with Crippen LogP contribution in [0.5, 0.6) is 5.75 Å². The van der Waals surface area contributed by atoms with Gasteiger partial charge in [0.15, 0.2) is 0 Å². The van der Waals surface area contributed by atoms with E-state index in [-0.39, 0.29) is 6.54 Å². The summed E-state index contributed by atoms with van der Waals surface area (Å²) in [5, 5.41) is 3.00. The Bertz CT molecular complexity index is 773. The number of nitrogens with zero attached hydrogens (tertiary/aromatic N) is 1. The minimum Gasteiger partial charge on any atom is -0.456 e. The topological polar surface area (TPSA) is 58.6 Å². The highest BCUT2D eigenvalue weighted by Crippen LogP contribution is 2.32. The number of para-hydroxylation sites is 2. The smallest absolute Gasteiger partial charge is 0.261 e. The number of imide groups is 1. The highest BCUT2D eigenvalue weighted by Gasteiger charge is 2.39. The molecule has 116 valence electrons. The number of hydrogen-bond donors (Lipinski definition) is 1. The third kappa shape index (κ3) is 2.14. The van der Waals surface area contributed by atoms with Gasteiger partial charge in [-0.2, -0.15) is 4.39 Å². The van der Waals surface area contributed by atoms with Crippen molar-refractivity contribution in [3.8, 4) is 5.75 Å². The molecule has 2 aromatic carbocycles. The van der Waals surface area contributed by atoms with E-state index in [1.165, 1.54) is 0 Å². The minimum absolute atomic E-state index is 0.0954. The average molecular weight is 312 g/mol. The molecule has 1 N–H and O–H groups in total. The first kappa shape index (κ1) is 13.8. The lowest BCUT2D eigenvalue weighted by Crippen LogP contribution is -2.48. The van der Waals surface area contributed by atoms with E-state index in [9.17, 15) is 14.0 Å². The molecule has 2 atom stereocenters. The van der Waals surface area contributed by atoms with Gasteiger partial charge in [-0.1, -0.05) is 24.3 Å². The van der Waals surface area contributed by atoms with Crippen LogP contribution in [0.1, 0.15) is 20.7 Å². The van der Waals surface area contributed by atoms with E-state index >= 15 is 0 Å². The highest BCUT2D eigenvalue weighted by atomic mass is 19.1. The number of amides is 2. The zero-order valence-corrected chi connectivity index (χ0v) is 12.0. The van der Waals surface area contributed by atoms with Gasteiger partial charge in [0, 0.05) is 0 Å². The van der Waals surface area contributed by atoms with E-state index in [1.807, 2.05) is 0 Å². The molecule has 0 spiro atoms. The summed E-state index contributed by atoms with van der Waals surface area (Å²) >= 11 is 0. The molecule has 0 bridgehead atoms. The van der Waals surface area contributed by atoms with Gasteiger partial charge in [0.05, 0.1) is 23.4 Å². The third-order valence-corrected chi connectivity index (χ3v) is 4.04. The Morgan fingerprint density at radius 2 is 1.61 bits per heavy atom. The van der Waals surface area contributed by atoms with E-state index in [0.717, 1.165) is 4.90 Å². The van der Waals surface area contributed by atoms with Crippen LogP contribution in [0, 0.1) is 0 Å². The molecule has 0 fully saturated rings. The van der Waals surface area contributed by atoms with Gasteiger partial charge in [0.2, 0.25) is 0 Å². The number of carbonyl (C=O) groups is 2. The summed E-state index contributed by atoms with van der Waals surface area (Å²) < 4.78 is 19.5. The highest BCUT2D eigenvalue weighted by molar-refractivity contribution is 6.21. The molecule has 5 nitrogen and oxygen atoms in total. The molecular weight excluding hydrogens is 299 g/mol. The summed E-state index contributed by atoms with van der Waals surface area (Å²) in [6.07, 6.45) is -1.64. The van der Waals surface area contributed by atoms with Crippen LogP contribution in [0.3, 0.4) is 0 Å². The fourth-order valence-electron chi connectivity index (χ4n) is 2.89. The van der Waals surface area contributed by atoms with Crippen molar-refractivity contribution in [1.82, 2.24) is 4.90 Å². The van der Waals surface area contributed by atoms with Crippen molar-refractivity contribution >= 4 is 17.5 Å². The van der Waals surface area contributed by atoms with Crippen LogP contribution < -0.4 is 10.1 Å². The normalized spacial score (nSPS) is 22.2. The van der Waals surface area contributed by atoms with Gasteiger partial charge in [-0.25, -0.2) is 0 Å². The first-order valence-corrected chi connectivity index (χ1v) is 7.26. The lowest BCUT2D eigenvalue weighted by atomic mass is 10.1. The predicted octanol–water partition coefficient (Wildman–Crippen LogP) is 2.45. The number of hydrogen-bond acceptors (Lipinski definition) is 4. The molecule has 0 radical (unpaired) electrons. The van der Waals surface area contributed by atoms with Gasteiger partial charge < -0.3 is 10.1 Å². The fraction of sp³-hybridized carbons (Fsp3) is 0.176. The number of carbonyl (C=O) groups excluding carboxylic acids is 2. The SMILES string of the molecule is O=C1c2ccccc2C(=O)N1CC1Nc2ccccc2OC1F. The standard InChI is InChI=1S/C17H13FN2O3/c18-15-13(19-12-7-3-4-8-14(12)23-15)9-20-16(21)10-5-1-2-6-11(10)17(20)22/h1-8,13,15,19H,9H2. The van der Waals surface area contributed by atoms with Crippen LogP contribution in [-0.4, -0.2) is 35.7 Å². The molecule has 0 aromatic heterocycles. The summed E-state index contributed by atoms with van der Waals surface area (Å²) in [4.78, 5) is 25.8. The molecule has 2 aromatic rings. The van der Waals surface area contributed by atoms with Crippen molar-refractivity contribution in [2.75, 3.05) is 11.9 Å². The monoisotopic (exact) mass is 312 g/mol. The Morgan fingerprint density at radius 3 is 2.30 bits per heavy atom. The summed E-state index contributed by atoms with van der Waals surface area (Å²) in [6, 6.07) is 12.7. The minimum atomic E-state index is -1.64. The Balaban J connectivity index is 1.58. The van der Waals surface area contributed by atoms with E-state index < -0.39 is 24.2 Å². The summed E-state index contributed by atoms with van der Waals surface area (Å²) in [5.41, 5.74) is 1.35. The predicted molar refractivity (Wildman–Crippen MR) is 81.2 cm³/mol. The second kappa shape index (κ2) is 5.08. The van der Waals surface area contributed by atoms with Crippen molar-refractivity contribution < 1.29 is 18.7 Å². The van der Waals surface area contributed by atoms with Crippen LogP contribution in [0.2, 0.25) is 0 Å². The second-order valence-corrected chi connectivity index (χ2v) is 5.48.